The Kier molecular flexibility index (Phi) is 5.57. The zero-order valence-electron chi connectivity index (χ0n) is 11.8. The van der Waals surface area contributed by atoms with Gasteiger partial charge in [-0.1, -0.05) is 0 Å². The van der Waals surface area contributed by atoms with E-state index in [9.17, 15) is 17.6 Å². The number of hydrogen-bond donors (Lipinski definition) is 0. The Bertz CT molecular complexity index is 762. The number of esters is 1. The van der Waals surface area contributed by atoms with Crippen molar-refractivity contribution >= 4 is 16.0 Å². The lowest BCUT2D eigenvalue weighted by molar-refractivity contribution is 0.0599. The van der Waals surface area contributed by atoms with Crippen molar-refractivity contribution in [3.63, 3.8) is 0 Å². The molecule has 0 aliphatic carbocycles. The highest BCUT2D eigenvalue weighted by molar-refractivity contribution is 7.89. The fraction of sp³-hybridized carbons (Fsp3) is 0.308. The standard InChI is InChI=1S/C13H12FN3O4S/c1-9-7-11(14)12(8-10(9)13(18)21-2)22(19,20)17(5-3-15)6-4-16/h7-8H,5-6H2,1-2H3. The minimum absolute atomic E-state index is 0.114. The molecule has 0 amide bonds. The van der Waals surface area contributed by atoms with E-state index in [4.69, 9.17) is 10.5 Å². The summed E-state index contributed by atoms with van der Waals surface area (Å²) in [6.45, 7) is 0.196. The molecule has 22 heavy (non-hydrogen) atoms. The molecule has 0 aliphatic heterocycles. The van der Waals surface area contributed by atoms with Crippen LogP contribution in [0.25, 0.3) is 0 Å². The number of benzene rings is 1. The number of hydrogen-bond acceptors (Lipinski definition) is 6. The average molecular weight is 325 g/mol. The van der Waals surface area contributed by atoms with Crippen LogP contribution >= 0.6 is 0 Å². The number of carbonyl (C=O) groups is 1. The molecule has 0 fully saturated rings. The van der Waals surface area contributed by atoms with Gasteiger partial charge >= 0.3 is 5.97 Å². The van der Waals surface area contributed by atoms with Crippen molar-refractivity contribution < 1.29 is 22.3 Å². The number of halogens is 1. The van der Waals surface area contributed by atoms with Crippen LogP contribution in [0.15, 0.2) is 17.0 Å². The molecule has 0 N–H and O–H groups in total. The molecule has 0 saturated heterocycles. The van der Waals surface area contributed by atoms with Crippen LogP contribution in [0, 0.1) is 35.4 Å². The summed E-state index contributed by atoms with van der Waals surface area (Å²) < 4.78 is 43.7. The number of rotatable bonds is 5. The summed E-state index contributed by atoms with van der Waals surface area (Å²) in [7, 11) is -3.32. The fourth-order valence-electron chi connectivity index (χ4n) is 1.70. The topological polar surface area (TPSA) is 111 Å². The van der Waals surface area contributed by atoms with Gasteiger partial charge in [0, 0.05) is 0 Å². The van der Waals surface area contributed by atoms with E-state index in [0.29, 0.717) is 4.31 Å². The quantitative estimate of drug-likeness (QED) is 0.589. The van der Waals surface area contributed by atoms with Crippen LogP contribution in [0.5, 0.6) is 0 Å². The van der Waals surface area contributed by atoms with Crippen LogP contribution in [0.4, 0.5) is 4.39 Å². The van der Waals surface area contributed by atoms with E-state index >= 15 is 0 Å². The molecule has 0 spiro atoms. The van der Waals surface area contributed by atoms with Gasteiger partial charge in [0.2, 0.25) is 10.0 Å². The molecule has 1 rings (SSSR count). The first-order chi connectivity index (χ1) is 10.3. The van der Waals surface area contributed by atoms with Gasteiger partial charge in [-0.2, -0.15) is 14.8 Å². The lowest BCUT2D eigenvalue weighted by Gasteiger charge is -2.17. The molecular formula is C13H12FN3O4S. The van der Waals surface area contributed by atoms with E-state index in [1.807, 2.05) is 0 Å². The second-order valence-electron chi connectivity index (χ2n) is 4.18. The smallest absolute Gasteiger partial charge is 0.338 e. The molecule has 0 atom stereocenters. The Balaban J connectivity index is 3.51. The number of nitriles is 2. The van der Waals surface area contributed by atoms with Gasteiger partial charge in [0.1, 0.15) is 23.8 Å². The Hall–Kier alpha value is -2.49. The maximum absolute atomic E-state index is 14.0. The minimum Gasteiger partial charge on any atom is -0.465 e. The van der Waals surface area contributed by atoms with E-state index in [2.05, 4.69) is 4.74 Å². The van der Waals surface area contributed by atoms with Gasteiger partial charge in [0.05, 0.1) is 24.8 Å². The zero-order chi connectivity index (χ0) is 16.9. The van der Waals surface area contributed by atoms with E-state index in [1.54, 1.807) is 12.1 Å². The van der Waals surface area contributed by atoms with Crippen LogP contribution in [0.1, 0.15) is 15.9 Å². The lowest BCUT2D eigenvalue weighted by Crippen LogP contribution is -2.32. The third-order valence-electron chi connectivity index (χ3n) is 2.80. The minimum atomic E-state index is -4.43. The highest BCUT2D eigenvalue weighted by Gasteiger charge is 2.29. The summed E-state index contributed by atoms with van der Waals surface area (Å²) in [5.74, 6) is -1.90. The van der Waals surface area contributed by atoms with Crippen LogP contribution < -0.4 is 0 Å². The molecule has 1 aromatic rings. The summed E-state index contributed by atoms with van der Waals surface area (Å²) >= 11 is 0. The van der Waals surface area contributed by atoms with Crippen molar-refractivity contribution in [1.82, 2.24) is 4.31 Å². The highest BCUT2D eigenvalue weighted by Crippen LogP contribution is 2.23. The first-order valence-corrected chi connectivity index (χ1v) is 7.36. The third kappa shape index (κ3) is 3.39. The van der Waals surface area contributed by atoms with Gasteiger partial charge in [-0.05, 0) is 24.6 Å². The number of ether oxygens (including phenoxy) is 1. The van der Waals surface area contributed by atoms with E-state index in [1.165, 1.54) is 6.92 Å². The van der Waals surface area contributed by atoms with Crippen LogP contribution in [0.3, 0.4) is 0 Å². The van der Waals surface area contributed by atoms with Crippen LogP contribution in [-0.4, -0.2) is 38.9 Å². The largest absolute Gasteiger partial charge is 0.465 e. The third-order valence-corrected chi connectivity index (χ3v) is 4.60. The Morgan fingerprint density at radius 3 is 2.32 bits per heavy atom. The predicted molar refractivity (Wildman–Crippen MR) is 72.5 cm³/mol. The number of nitrogens with zero attached hydrogens (tertiary/aromatic N) is 3. The molecule has 1 aromatic carbocycles. The second kappa shape index (κ2) is 6.98. The molecule has 0 saturated carbocycles. The Labute approximate surface area is 127 Å². The molecule has 116 valence electrons. The molecule has 0 bridgehead atoms. The van der Waals surface area contributed by atoms with E-state index in [-0.39, 0.29) is 11.1 Å². The normalized spacial score (nSPS) is 10.8. The van der Waals surface area contributed by atoms with E-state index in [0.717, 1.165) is 19.2 Å². The summed E-state index contributed by atoms with van der Waals surface area (Å²) in [4.78, 5) is 10.8. The van der Waals surface area contributed by atoms with Gasteiger partial charge in [0.25, 0.3) is 0 Å². The Morgan fingerprint density at radius 2 is 1.86 bits per heavy atom. The zero-order valence-corrected chi connectivity index (χ0v) is 12.6. The number of sulfonamides is 1. The molecule has 9 heteroatoms. The fourth-order valence-corrected chi connectivity index (χ4v) is 3.01. The SMILES string of the molecule is COC(=O)c1cc(S(=O)(=O)N(CC#N)CC#N)c(F)cc1C. The first-order valence-electron chi connectivity index (χ1n) is 5.92. The highest BCUT2D eigenvalue weighted by atomic mass is 32.2. The monoisotopic (exact) mass is 325 g/mol. The summed E-state index contributed by atoms with van der Waals surface area (Å²) in [6.07, 6.45) is 0. The van der Waals surface area contributed by atoms with Crippen molar-refractivity contribution in [3.8, 4) is 12.1 Å². The van der Waals surface area contributed by atoms with Gasteiger partial charge in [-0.3, -0.25) is 0 Å². The van der Waals surface area contributed by atoms with Gasteiger partial charge in [-0.15, -0.1) is 0 Å². The van der Waals surface area contributed by atoms with Crippen molar-refractivity contribution in [2.45, 2.75) is 11.8 Å². The van der Waals surface area contributed by atoms with Crippen molar-refractivity contribution in [2.24, 2.45) is 0 Å². The molecular weight excluding hydrogens is 313 g/mol. The molecule has 7 nitrogen and oxygen atoms in total. The number of aryl methyl sites for hydroxylation is 1. The van der Waals surface area contributed by atoms with Crippen molar-refractivity contribution in [2.75, 3.05) is 20.2 Å². The molecule has 0 heterocycles. The number of methoxy groups -OCH3 is 1. The summed E-state index contributed by atoms with van der Waals surface area (Å²) in [5.41, 5.74) is 0.0896. The maximum atomic E-state index is 14.0. The van der Waals surface area contributed by atoms with Crippen LogP contribution in [-0.2, 0) is 14.8 Å². The maximum Gasteiger partial charge on any atom is 0.338 e. The van der Waals surface area contributed by atoms with Crippen molar-refractivity contribution in [3.05, 3.63) is 29.1 Å². The van der Waals surface area contributed by atoms with Gasteiger partial charge in [0.15, 0.2) is 0 Å². The Morgan fingerprint density at radius 1 is 1.32 bits per heavy atom. The summed E-state index contributed by atoms with van der Waals surface area (Å²) in [5, 5.41) is 17.3. The lowest BCUT2D eigenvalue weighted by atomic mass is 10.1. The molecule has 0 radical (unpaired) electrons. The number of carbonyl (C=O) groups excluding carboxylic acids is 1. The van der Waals surface area contributed by atoms with Gasteiger partial charge < -0.3 is 4.74 Å². The average Bonchev–Trinajstić information content (AvgIpc) is 2.46. The summed E-state index contributed by atoms with van der Waals surface area (Å²) in [6, 6.07) is 4.90. The molecule has 0 aromatic heterocycles. The van der Waals surface area contributed by atoms with Crippen molar-refractivity contribution in [1.29, 1.82) is 10.5 Å². The first kappa shape index (κ1) is 17.6. The molecule has 0 unspecified atom stereocenters. The van der Waals surface area contributed by atoms with E-state index < -0.39 is 39.8 Å². The molecule has 0 aliphatic rings. The van der Waals surface area contributed by atoms with Crippen LogP contribution in [0.2, 0.25) is 0 Å². The van der Waals surface area contributed by atoms with Gasteiger partial charge in [-0.25, -0.2) is 17.6 Å². The predicted octanol–water partition coefficient (Wildman–Crippen LogP) is 0.959. The second-order valence-corrected chi connectivity index (χ2v) is 6.08.